The summed E-state index contributed by atoms with van der Waals surface area (Å²) in [6.45, 7) is 0. The highest BCUT2D eigenvalue weighted by Crippen LogP contribution is 2.31. The number of halogens is 2. The minimum Gasteiger partial charge on any atom is -0.493 e. The molecule has 102 valence electrons. The Balaban J connectivity index is 2.26. The van der Waals surface area contributed by atoms with Crippen molar-refractivity contribution in [2.75, 3.05) is 12.9 Å². The number of rotatable bonds is 4. The Hall–Kier alpha value is -1.11. The van der Waals surface area contributed by atoms with Crippen molar-refractivity contribution in [2.24, 2.45) is 5.10 Å². The maximum Gasteiger partial charge on any atom is 0.299 e. The minimum absolute atomic E-state index is 0.164. The van der Waals surface area contributed by atoms with Crippen LogP contribution in [0.15, 0.2) is 23.3 Å². The number of carbonyl (C=O) groups excluding carboxylic acids is 1. The Labute approximate surface area is 124 Å². The van der Waals surface area contributed by atoms with Gasteiger partial charge in [0.25, 0.3) is 5.24 Å². The Kier molecular flexibility index (Phi) is 4.79. The van der Waals surface area contributed by atoms with Crippen molar-refractivity contribution >= 4 is 45.9 Å². The van der Waals surface area contributed by atoms with E-state index in [1.165, 1.54) is 7.11 Å². The lowest BCUT2D eigenvalue weighted by atomic mass is 10.1. The number of benzene rings is 1. The molecule has 0 radical (unpaired) electrons. The van der Waals surface area contributed by atoms with E-state index in [0.717, 1.165) is 23.0 Å². The summed E-state index contributed by atoms with van der Waals surface area (Å²) in [6.07, 6.45) is 0. The molecule has 0 saturated heterocycles. The van der Waals surface area contributed by atoms with Gasteiger partial charge in [0.1, 0.15) is 0 Å². The zero-order chi connectivity index (χ0) is 13.8. The predicted octanol–water partition coefficient (Wildman–Crippen LogP) is 3.00. The van der Waals surface area contributed by atoms with Gasteiger partial charge < -0.3 is 9.47 Å². The van der Waals surface area contributed by atoms with Crippen LogP contribution in [0.1, 0.15) is 5.56 Å². The molecular weight excluding hydrogens is 311 g/mol. The smallest absolute Gasteiger partial charge is 0.299 e. The number of hydrazone groups is 1. The number of carbonyl (C=O) groups is 1. The molecule has 1 aromatic rings. The normalized spacial score (nSPS) is 14.9. The first-order valence-electron chi connectivity index (χ1n) is 5.22. The summed E-state index contributed by atoms with van der Waals surface area (Å²) in [5, 5.41) is 2.86. The van der Waals surface area contributed by atoms with Crippen LogP contribution in [-0.2, 0) is 0 Å². The molecule has 19 heavy (non-hydrogen) atoms. The molecule has 0 atom stereocenters. The zero-order valence-corrected chi connectivity index (χ0v) is 12.2. The molecule has 0 fully saturated rings. The third-order valence-electron chi connectivity index (χ3n) is 2.34. The van der Waals surface area contributed by atoms with Crippen LogP contribution in [0.2, 0.25) is 0 Å². The first kappa shape index (κ1) is 14.3. The summed E-state index contributed by atoms with van der Waals surface area (Å²) >= 11 is 12.3. The van der Waals surface area contributed by atoms with Crippen LogP contribution in [0.5, 0.6) is 11.5 Å². The molecule has 1 aliphatic rings. The standard InChI is InChI=1S/C11H10Cl2N2O3S/c1-17-9-4-6(2-3-8(9)18-10(12)13)7-5-19-11(16)15-14-7/h2-4,10H,5H2,1H3,(H,15,16). The number of methoxy groups -OCH3 is 1. The second kappa shape index (κ2) is 6.36. The fourth-order valence-corrected chi connectivity index (χ4v) is 2.30. The summed E-state index contributed by atoms with van der Waals surface area (Å²) in [5.41, 5.74) is 4.00. The molecule has 0 aromatic heterocycles. The van der Waals surface area contributed by atoms with E-state index in [0.29, 0.717) is 17.3 Å². The largest absolute Gasteiger partial charge is 0.493 e. The van der Waals surface area contributed by atoms with Crippen molar-refractivity contribution < 1.29 is 14.3 Å². The van der Waals surface area contributed by atoms with Crippen LogP contribution < -0.4 is 14.9 Å². The van der Waals surface area contributed by atoms with Gasteiger partial charge in [-0.05, 0) is 18.2 Å². The van der Waals surface area contributed by atoms with Crippen LogP contribution in [-0.4, -0.2) is 28.8 Å². The molecule has 8 heteroatoms. The fourth-order valence-electron chi connectivity index (χ4n) is 1.50. The highest BCUT2D eigenvalue weighted by Gasteiger charge is 2.16. The molecule has 1 amide bonds. The molecule has 0 spiro atoms. The molecule has 0 bridgehead atoms. The van der Waals surface area contributed by atoms with Crippen molar-refractivity contribution in [3.63, 3.8) is 0 Å². The summed E-state index contributed by atoms with van der Waals surface area (Å²) in [7, 11) is 1.52. The Morgan fingerprint density at radius 1 is 1.42 bits per heavy atom. The molecule has 0 aliphatic carbocycles. The lowest BCUT2D eigenvalue weighted by molar-refractivity contribution is 0.261. The molecule has 1 aliphatic heterocycles. The van der Waals surface area contributed by atoms with Crippen molar-refractivity contribution in [1.82, 2.24) is 5.43 Å². The summed E-state index contributed by atoms with van der Waals surface area (Å²) in [4.78, 5) is 11.0. The first-order valence-corrected chi connectivity index (χ1v) is 7.08. The molecule has 1 N–H and O–H groups in total. The predicted molar refractivity (Wildman–Crippen MR) is 76.6 cm³/mol. The molecule has 1 heterocycles. The average molecular weight is 321 g/mol. The summed E-state index contributed by atoms with van der Waals surface area (Å²) in [5.74, 6) is 1.44. The molecule has 1 aromatic carbocycles. The van der Waals surface area contributed by atoms with Gasteiger partial charge in [-0.25, -0.2) is 5.43 Å². The number of nitrogens with one attached hydrogen (secondary N) is 1. The number of alkyl halides is 2. The fraction of sp³-hybridized carbons (Fsp3) is 0.273. The highest BCUT2D eigenvalue weighted by atomic mass is 35.5. The molecule has 2 rings (SSSR count). The quantitative estimate of drug-likeness (QED) is 0.866. The third-order valence-corrected chi connectivity index (χ3v) is 3.28. The third kappa shape index (κ3) is 3.68. The van der Waals surface area contributed by atoms with E-state index < -0.39 is 5.02 Å². The van der Waals surface area contributed by atoms with Gasteiger partial charge in [0.2, 0.25) is 5.02 Å². The summed E-state index contributed by atoms with van der Waals surface area (Å²) in [6, 6.07) is 5.24. The van der Waals surface area contributed by atoms with Gasteiger partial charge >= 0.3 is 0 Å². The van der Waals surface area contributed by atoms with E-state index in [-0.39, 0.29) is 5.24 Å². The SMILES string of the molecule is COc1cc(C2=NNC(=O)SC2)ccc1OC(Cl)Cl. The van der Waals surface area contributed by atoms with E-state index in [1.54, 1.807) is 18.2 Å². The van der Waals surface area contributed by atoms with Gasteiger partial charge in [-0.3, -0.25) is 4.79 Å². The Morgan fingerprint density at radius 3 is 2.79 bits per heavy atom. The zero-order valence-electron chi connectivity index (χ0n) is 9.85. The monoisotopic (exact) mass is 320 g/mol. The van der Waals surface area contributed by atoms with Gasteiger partial charge in [-0.1, -0.05) is 35.0 Å². The second-order valence-corrected chi connectivity index (χ2v) is 5.45. The molecule has 0 unspecified atom stereocenters. The van der Waals surface area contributed by atoms with Gasteiger partial charge in [0, 0.05) is 11.3 Å². The second-order valence-electron chi connectivity index (χ2n) is 3.49. The minimum atomic E-state index is -0.971. The van der Waals surface area contributed by atoms with Crippen molar-refractivity contribution in [3.05, 3.63) is 23.8 Å². The van der Waals surface area contributed by atoms with Crippen LogP contribution in [0, 0.1) is 0 Å². The van der Waals surface area contributed by atoms with E-state index in [9.17, 15) is 4.79 Å². The van der Waals surface area contributed by atoms with Gasteiger partial charge in [-0.2, -0.15) is 5.10 Å². The van der Waals surface area contributed by atoms with E-state index >= 15 is 0 Å². The van der Waals surface area contributed by atoms with Crippen LogP contribution in [0.25, 0.3) is 0 Å². The van der Waals surface area contributed by atoms with E-state index in [2.05, 4.69) is 10.5 Å². The Morgan fingerprint density at radius 2 is 2.21 bits per heavy atom. The van der Waals surface area contributed by atoms with E-state index in [1.807, 2.05) is 0 Å². The lowest BCUT2D eigenvalue weighted by Crippen LogP contribution is -2.23. The maximum atomic E-state index is 11.0. The number of nitrogens with zero attached hydrogens (tertiary/aromatic N) is 1. The Bertz CT molecular complexity index is 523. The van der Waals surface area contributed by atoms with Crippen molar-refractivity contribution in [2.45, 2.75) is 5.02 Å². The van der Waals surface area contributed by atoms with Crippen LogP contribution in [0.4, 0.5) is 4.79 Å². The van der Waals surface area contributed by atoms with Crippen LogP contribution in [0.3, 0.4) is 0 Å². The van der Waals surface area contributed by atoms with E-state index in [4.69, 9.17) is 32.7 Å². The lowest BCUT2D eigenvalue weighted by Gasteiger charge is -2.15. The van der Waals surface area contributed by atoms with Gasteiger partial charge in [0.15, 0.2) is 11.5 Å². The van der Waals surface area contributed by atoms with Crippen molar-refractivity contribution in [1.29, 1.82) is 0 Å². The number of amides is 1. The number of thioether (sulfide) groups is 1. The first-order chi connectivity index (χ1) is 9.10. The molecular formula is C11H10Cl2N2O3S. The summed E-state index contributed by atoms with van der Waals surface area (Å²) < 4.78 is 10.4. The molecule has 0 saturated carbocycles. The maximum absolute atomic E-state index is 11.0. The topological polar surface area (TPSA) is 59.9 Å². The highest BCUT2D eigenvalue weighted by molar-refractivity contribution is 8.14. The van der Waals surface area contributed by atoms with Gasteiger partial charge in [-0.15, -0.1) is 0 Å². The number of hydrogen-bond acceptors (Lipinski definition) is 5. The van der Waals surface area contributed by atoms with Crippen LogP contribution >= 0.6 is 35.0 Å². The average Bonchev–Trinajstić information content (AvgIpc) is 2.39. The van der Waals surface area contributed by atoms with Gasteiger partial charge in [0.05, 0.1) is 12.8 Å². The number of hydrogen-bond donors (Lipinski definition) is 1. The molecule has 5 nitrogen and oxygen atoms in total. The number of ether oxygens (including phenoxy) is 2. The van der Waals surface area contributed by atoms with Crippen molar-refractivity contribution in [3.8, 4) is 11.5 Å².